The lowest BCUT2D eigenvalue weighted by Gasteiger charge is -2.12. The van der Waals surface area contributed by atoms with Crippen LogP contribution in [-0.4, -0.2) is 26.9 Å². The van der Waals surface area contributed by atoms with E-state index in [4.69, 9.17) is 4.42 Å². The van der Waals surface area contributed by atoms with Crippen molar-refractivity contribution in [3.63, 3.8) is 0 Å². The zero-order chi connectivity index (χ0) is 16.5. The van der Waals surface area contributed by atoms with Crippen molar-refractivity contribution in [3.8, 4) is 5.69 Å². The molecule has 1 fully saturated rings. The van der Waals surface area contributed by atoms with Gasteiger partial charge in [-0.2, -0.15) is 15.0 Å². The summed E-state index contributed by atoms with van der Waals surface area (Å²) in [7, 11) is 2.07. The first-order chi connectivity index (χ1) is 11.7. The molecule has 124 valence electrons. The number of benzene rings is 1. The normalized spacial score (nSPS) is 19.8. The van der Waals surface area contributed by atoms with Crippen LogP contribution in [0.5, 0.6) is 0 Å². The summed E-state index contributed by atoms with van der Waals surface area (Å²) in [4.78, 5) is 3.86. The largest absolute Gasteiger partial charge is 0.464 e. The molecule has 0 radical (unpaired) electrons. The van der Waals surface area contributed by atoms with Gasteiger partial charge in [-0.25, -0.2) is 0 Å². The van der Waals surface area contributed by atoms with Gasteiger partial charge in [-0.1, -0.05) is 25.1 Å². The van der Waals surface area contributed by atoms with Gasteiger partial charge in [0.15, 0.2) is 0 Å². The molecule has 4 rings (SSSR count). The number of hydrogen-bond donors (Lipinski definition) is 0. The van der Waals surface area contributed by atoms with E-state index in [1.807, 2.05) is 36.5 Å². The summed E-state index contributed by atoms with van der Waals surface area (Å²) in [6, 6.07) is 14.2. The molecule has 0 bridgehead atoms. The van der Waals surface area contributed by atoms with Crippen molar-refractivity contribution in [1.82, 2.24) is 19.9 Å². The van der Waals surface area contributed by atoms with Crippen LogP contribution in [0.4, 0.5) is 0 Å². The van der Waals surface area contributed by atoms with Gasteiger partial charge in [-0.3, -0.25) is 4.90 Å². The predicted octanol–water partition coefficient (Wildman–Crippen LogP) is 3.62. The predicted molar refractivity (Wildman–Crippen MR) is 91.8 cm³/mol. The average Bonchev–Trinajstić information content (AvgIpc) is 2.99. The van der Waals surface area contributed by atoms with Crippen LogP contribution < -0.4 is 0 Å². The molecular weight excluding hydrogens is 300 g/mol. The Hall–Kier alpha value is -2.40. The van der Waals surface area contributed by atoms with Gasteiger partial charge in [-0.15, -0.1) is 0 Å². The highest BCUT2D eigenvalue weighted by Crippen LogP contribution is 2.47. The zero-order valence-corrected chi connectivity index (χ0v) is 14.1. The smallest absolute Gasteiger partial charge is 0.118 e. The minimum Gasteiger partial charge on any atom is -0.464 e. The number of rotatable bonds is 6. The summed E-state index contributed by atoms with van der Waals surface area (Å²) < 4.78 is 5.98. The fourth-order valence-corrected chi connectivity index (χ4v) is 3.05. The van der Waals surface area contributed by atoms with Crippen LogP contribution in [0.15, 0.2) is 53.1 Å². The second-order valence-electron chi connectivity index (χ2n) is 6.76. The van der Waals surface area contributed by atoms with Crippen LogP contribution in [0.1, 0.15) is 36.5 Å². The van der Waals surface area contributed by atoms with Crippen molar-refractivity contribution >= 4 is 0 Å². The van der Waals surface area contributed by atoms with Gasteiger partial charge in [0.1, 0.15) is 11.5 Å². The molecule has 1 aliphatic rings. The molecule has 5 nitrogen and oxygen atoms in total. The third kappa shape index (κ3) is 3.26. The van der Waals surface area contributed by atoms with E-state index < -0.39 is 0 Å². The molecular formula is C19H22N4O. The Morgan fingerprint density at radius 2 is 1.96 bits per heavy atom. The maximum absolute atomic E-state index is 5.98. The van der Waals surface area contributed by atoms with Crippen molar-refractivity contribution in [1.29, 1.82) is 0 Å². The fraction of sp³-hybridized carbons (Fsp3) is 0.368. The summed E-state index contributed by atoms with van der Waals surface area (Å²) in [6.45, 7) is 3.79. The molecule has 5 heteroatoms. The SMILES string of the molecule is CC1CC1c1ccc(CN(C)Cc2cnn(-c3ccccc3)n2)o1. The molecule has 0 saturated heterocycles. The van der Waals surface area contributed by atoms with Gasteiger partial charge < -0.3 is 4.42 Å². The third-order valence-electron chi connectivity index (χ3n) is 4.54. The Morgan fingerprint density at radius 3 is 2.71 bits per heavy atom. The molecule has 0 N–H and O–H groups in total. The Morgan fingerprint density at radius 1 is 1.17 bits per heavy atom. The third-order valence-corrected chi connectivity index (χ3v) is 4.54. The second kappa shape index (κ2) is 6.24. The number of aromatic nitrogens is 3. The van der Waals surface area contributed by atoms with Crippen LogP contribution in [0.2, 0.25) is 0 Å². The molecule has 1 aliphatic carbocycles. The molecule has 2 heterocycles. The number of para-hydroxylation sites is 1. The summed E-state index contributed by atoms with van der Waals surface area (Å²) in [5.74, 6) is 3.56. The van der Waals surface area contributed by atoms with Crippen molar-refractivity contribution in [2.24, 2.45) is 5.92 Å². The molecule has 3 aromatic rings. The molecule has 0 spiro atoms. The Balaban J connectivity index is 1.37. The van der Waals surface area contributed by atoms with E-state index >= 15 is 0 Å². The van der Waals surface area contributed by atoms with Crippen molar-refractivity contribution < 1.29 is 4.42 Å². The molecule has 2 aromatic heterocycles. The van der Waals surface area contributed by atoms with E-state index in [9.17, 15) is 0 Å². The molecule has 24 heavy (non-hydrogen) atoms. The van der Waals surface area contributed by atoms with Gasteiger partial charge >= 0.3 is 0 Å². The minimum atomic E-state index is 0.634. The van der Waals surface area contributed by atoms with Crippen LogP contribution >= 0.6 is 0 Å². The molecule has 2 unspecified atom stereocenters. The van der Waals surface area contributed by atoms with E-state index in [0.29, 0.717) is 5.92 Å². The lowest BCUT2D eigenvalue weighted by Crippen LogP contribution is -2.17. The Kier molecular flexibility index (Phi) is 3.94. The van der Waals surface area contributed by atoms with Crippen LogP contribution in [0.3, 0.4) is 0 Å². The van der Waals surface area contributed by atoms with E-state index in [2.05, 4.69) is 41.2 Å². The lowest BCUT2D eigenvalue weighted by atomic mass is 10.3. The van der Waals surface area contributed by atoms with Gasteiger partial charge in [0.2, 0.25) is 0 Å². The quantitative estimate of drug-likeness (QED) is 0.695. The number of furan rings is 1. The molecule has 1 aromatic carbocycles. The summed E-state index contributed by atoms with van der Waals surface area (Å²) in [6.07, 6.45) is 3.08. The molecule has 2 atom stereocenters. The first-order valence-electron chi connectivity index (χ1n) is 8.43. The van der Waals surface area contributed by atoms with Crippen LogP contribution in [0.25, 0.3) is 5.69 Å². The number of hydrogen-bond acceptors (Lipinski definition) is 4. The van der Waals surface area contributed by atoms with Gasteiger partial charge in [0.05, 0.1) is 24.1 Å². The van der Waals surface area contributed by atoms with Gasteiger partial charge in [0.25, 0.3) is 0 Å². The first-order valence-corrected chi connectivity index (χ1v) is 8.43. The Labute approximate surface area is 141 Å². The molecule has 0 aliphatic heterocycles. The highest BCUT2D eigenvalue weighted by atomic mass is 16.3. The minimum absolute atomic E-state index is 0.634. The fourth-order valence-electron chi connectivity index (χ4n) is 3.05. The van der Waals surface area contributed by atoms with Crippen LogP contribution in [0, 0.1) is 5.92 Å². The highest BCUT2D eigenvalue weighted by Gasteiger charge is 2.36. The van der Waals surface area contributed by atoms with E-state index in [1.165, 1.54) is 6.42 Å². The zero-order valence-electron chi connectivity index (χ0n) is 14.1. The topological polar surface area (TPSA) is 47.1 Å². The first kappa shape index (κ1) is 15.1. The monoisotopic (exact) mass is 322 g/mol. The van der Waals surface area contributed by atoms with Crippen molar-refractivity contribution in [3.05, 3.63) is 65.9 Å². The number of nitrogens with zero attached hydrogens (tertiary/aromatic N) is 4. The van der Waals surface area contributed by atoms with E-state index in [0.717, 1.165) is 41.9 Å². The molecule has 0 amide bonds. The highest BCUT2D eigenvalue weighted by molar-refractivity contribution is 5.28. The van der Waals surface area contributed by atoms with Crippen LogP contribution in [-0.2, 0) is 13.1 Å². The summed E-state index contributed by atoms with van der Waals surface area (Å²) in [5.41, 5.74) is 1.92. The molecule has 1 saturated carbocycles. The standard InChI is InChI=1S/C19H22N4O/c1-14-10-18(14)19-9-8-17(24-19)13-22(2)12-15-11-20-23(21-15)16-6-4-3-5-7-16/h3-9,11,14,18H,10,12-13H2,1-2H3. The lowest BCUT2D eigenvalue weighted by molar-refractivity contribution is 0.280. The Bertz CT molecular complexity index is 808. The summed E-state index contributed by atoms with van der Waals surface area (Å²) in [5, 5.41) is 8.89. The van der Waals surface area contributed by atoms with Gasteiger partial charge in [0, 0.05) is 12.5 Å². The van der Waals surface area contributed by atoms with Crippen molar-refractivity contribution in [2.75, 3.05) is 7.05 Å². The maximum Gasteiger partial charge on any atom is 0.118 e. The van der Waals surface area contributed by atoms with Crippen molar-refractivity contribution in [2.45, 2.75) is 32.4 Å². The second-order valence-corrected chi connectivity index (χ2v) is 6.76. The van der Waals surface area contributed by atoms with E-state index in [-0.39, 0.29) is 0 Å². The van der Waals surface area contributed by atoms with E-state index in [1.54, 1.807) is 4.80 Å². The average molecular weight is 322 g/mol. The summed E-state index contributed by atoms with van der Waals surface area (Å²) >= 11 is 0. The van der Waals surface area contributed by atoms with Gasteiger partial charge in [-0.05, 0) is 43.7 Å². The maximum atomic E-state index is 5.98.